The van der Waals surface area contributed by atoms with Crippen molar-refractivity contribution < 1.29 is 14.1 Å². The zero-order valence-electron chi connectivity index (χ0n) is 13.5. The van der Waals surface area contributed by atoms with Gasteiger partial charge in [-0.2, -0.15) is 5.10 Å². The predicted octanol–water partition coefficient (Wildman–Crippen LogP) is 3.20. The summed E-state index contributed by atoms with van der Waals surface area (Å²) < 4.78 is 5.59. The predicted molar refractivity (Wildman–Crippen MR) is 96.7 cm³/mol. The van der Waals surface area contributed by atoms with E-state index in [2.05, 4.69) is 10.5 Å². The van der Waals surface area contributed by atoms with E-state index in [9.17, 15) is 14.9 Å². The first-order valence-corrected chi connectivity index (χ1v) is 7.57. The van der Waals surface area contributed by atoms with Crippen molar-refractivity contribution in [1.29, 1.82) is 0 Å². The Morgan fingerprint density at radius 2 is 1.85 bits per heavy atom. The van der Waals surface area contributed by atoms with Crippen LogP contribution in [0.3, 0.4) is 0 Å². The van der Waals surface area contributed by atoms with E-state index in [1.807, 2.05) is 0 Å². The van der Waals surface area contributed by atoms with Gasteiger partial charge in [-0.15, -0.1) is 0 Å². The summed E-state index contributed by atoms with van der Waals surface area (Å²) in [6.45, 7) is 0. The van der Waals surface area contributed by atoms with Gasteiger partial charge in [0.25, 0.3) is 11.6 Å². The van der Waals surface area contributed by atoms with Crippen LogP contribution in [0.5, 0.6) is 0 Å². The Morgan fingerprint density at radius 3 is 2.54 bits per heavy atom. The number of nitro groups is 1. The Morgan fingerprint density at radius 1 is 1.12 bits per heavy atom. The quantitative estimate of drug-likeness (QED) is 0.316. The summed E-state index contributed by atoms with van der Waals surface area (Å²) in [7, 11) is 0. The maximum Gasteiger partial charge on any atom is 0.273 e. The summed E-state index contributed by atoms with van der Waals surface area (Å²) in [5.74, 6) is 0.515. The molecule has 3 N–H and O–H groups in total. The molecule has 0 atom stereocenters. The van der Waals surface area contributed by atoms with Crippen LogP contribution in [0.2, 0.25) is 0 Å². The zero-order chi connectivity index (χ0) is 18.5. The summed E-state index contributed by atoms with van der Waals surface area (Å²) in [5.41, 5.74) is 9.49. The average molecular weight is 350 g/mol. The molecule has 26 heavy (non-hydrogen) atoms. The minimum Gasteiger partial charge on any atom is -0.455 e. The number of nitrogens with zero attached hydrogens (tertiary/aromatic N) is 2. The van der Waals surface area contributed by atoms with Crippen LogP contribution < -0.4 is 11.2 Å². The molecule has 0 radical (unpaired) electrons. The highest BCUT2D eigenvalue weighted by Crippen LogP contribution is 2.24. The number of nitro benzene ring substituents is 1. The molecule has 0 aliphatic heterocycles. The lowest BCUT2D eigenvalue weighted by molar-refractivity contribution is -0.384. The fourth-order valence-corrected chi connectivity index (χ4v) is 2.24. The van der Waals surface area contributed by atoms with Crippen LogP contribution in [0.4, 0.5) is 11.4 Å². The fourth-order valence-electron chi connectivity index (χ4n) is 2.24. The lowest BCUT2D eigenvalue weighted by atomic mass is 10.1. The van der Waals surface area contributed by atoms with Crippen LogP contribution in [0.15, 0.2) is 70.2 Å². The number of benzene rings is 2. The van der Waals surface area contributed by atoms with Gasteiger partial charge in [0, 0.05) is 23.4 Å². The SMILES string of the molecule is Nc1ccccc1C(=O)N/N=C/c1ccc(-c2ccc([N+](=O)[O-])cc2)o1. The molecule has 130 valence electrons. The number of amides is 1. The summed E-state index contributed by atoms with van der Waals surface area (Å²) in [6.07, 6.45) is 1.35. The standard InChI is InChI=1S/C18H14N4O4/c19-16-4-2-1-3-15(16)18(23)21-20-11-14-9-10-17(26-14)12-5-7-13(8-6-12)22(24)25/h1-11H,19H2,(H,21,23)/b20-11+. The highest BCUT2D eigenvalue weighted by molar-refractivity contribution is 5.99. The Balaban J connectivity index is 1.66. The zero-order valence-corrected chi connectivity index (χ0v) is 13.5. The summed E-state index contributed by atoms with van der Waals surface area (Å²) >= 11 is 0. The van der Waals surface area contributed by atoms with Crippen LogP contribution in [-0.2, 0) is 0 Å². The van der Waals surface area contributed by atoms with Gasteiger partial charge in [-0.25, -0.2) is 5.43 Å². The molecule has 0 unspecified atom stereocenters. The van der Waals surface area contributed by atoms with Crippen molar-refractivity contribution in [2.45, 2.75) is 0 Å². The van der Waals surface area contributed by atoms with E-state index in [1.165, 1.54) is 18.3 Å². The van der Waals surface area contributed by atoms with Crippen molar-refractivity contribution in [1.82, 2.24) is 5.43 Å². The van der Waals surface area contributed by atoms with Gasteiger partial charge >= 0.3 is 0 Å². The number of rotatable bonds is 5. The van der Waals surface area contributed by atoms with E-state index in [0.717, 1.165) is 0 Å². The second kappa shape index (κ2) is 7.31. The van der Waals surface area contributed by atoms with Gasteiger partial charge in [0.05, 0.1) is 16.7 Å². The molecule has 0 aliphatic carbocycles. The van der Waals surface area contributed by atoms with Crippen molar-refractivity contribution >= 4 is 23.5 Å². The second-order valence-corrected chi connectivity index (χ2v) is 5.29. The van der Waals surface area contributed by atoms with E-state index in [4.69, 9.17) is 10.2 Å². The number of anilines is 1. The number of nitrogens with one attached hydrogen (secondary N) is 1. The van der Waals surface area contributed by atoms with Crippen molar-refractivity contribution in [3.63, 3.8) is 0 Å². The molecule has 2 aromatic carbocycles. The van der Waals surface area contributed by atoms with E-state index >= 15 is 0 Å². The molecule has 8 nitrogen and oxygen atoms in total. The Kier molecular flexibility index (Phi) is 4.75. The molecule has 0 fully saturated rings. The second-order valence-electron chi connectivity index (χ2n) is 5.29. The number of hydrogen-bond donors (Lipinski definition) is 2. The minimum atomic E-state index is -0.466. The van der Waals surface area contributed by atoms with Crippen molar-refractivity contribution in [2.24, 2.45) is 5.10 Å². The molecule has 0 aliphatic rings. The lowest BCUT2D eigenvalue weighted by Gasteiger charge is -2.02. The molecular formula is C18H14N4O4. The highest BCUT2D eigenvalue weighted by Gasteiger charge is 2.09. The van der Waals surface area contributed by atoms with Crippen LogP contribution in [-0.4, -0.2) is 17.0 Å². The van der Waals surface area contributed by atoms with Gasteiger partial charge in [0.1, 0.15) is 11.5 Å². The Hall–Kier alpha value is -3.94. The molecule has 0 saturated heterocycles. The van der Waals surface area contributed by atoms with Crippen LogP contribution in [0.1, 0.15) is 16.1 Å². The number of para-hydroxylation sites is 1. The Labute approximate surface area is 148 Å². The van der Waals surface area contributed by atoms with Gasteiger partial charge < -0.3 is 10.2 Å². The molecule has 1 aromatic heterocycles. The third kappa shape index (κ3) is 3.75. The van der Waals surface area contributed by atoms with Gasteiger partial charge in [-0.3, -0.25) is 14.9 Å². The number of non-ortho nitro benzene ring substituents is 1. The Bertz CT molecular complexity index is 977. The maximum atomic E-state index is 12.0. The summed E-state index contributed by atoms with van der Waals surface area (Å²) in [6, 6.07) is 16.0. The van der Waals surface area contributed by atoms with Gasteiger partial charge in [0.15, 0.2) is 0 Å². The summed E-state index contributed by atoms with van der Waals surface area (Å²) in [4.78, 5) is 22.2. The molecule has 3 rings (SSSR count). The number of carbonyl (C=O) groups excluding carboxylic acids is 1. The first kappa shape index (κ1) is 16.9. The van der Waals surface area contributed by atoms with Crippen molar-refractivity contribution in [3.05, 3.63) is 82.1 Å². The maximum absolute atomic E-state index is 12.0. The van der Waals surface area contributed by atoms with E-state index < -0.39 is 10.8 Å². The lowest BCUT2D eigenvalue weighted by Crippen LogP contribution is -2.18. The number of carbonyl (C=O) groups is 1. The third-order valence-corrected chi connectivity index (χ3v) is 3.55. The smallest absolute Gasteiger partial charge is 0.273 e. The first-order chi connectivity index (χ1) is 12.5. The van der Waals surface area contributed by atoms with Crippen molar-refractivity contribution in [3.8, 4) is 11.3 Å². The monoisotopic (exact) mass is 350 g/mol. The number of hydrogen-bond acceptors (Lipinski definition) is 6. The minimum absolute atomic E-state index is 0.00462. The van der Waals surface area contributed by atoms with E-state index in [0.29, 0.717) is 28.3 Å². The number of nitrogens with two attached hydrogens (primary N) is 1. The normalized spacial score (nSPS) is 10.8. The van der Waals surface area contributed by atoms with Crippen LogP contribution in [0, 0.1) is 10.1 Å². The molecule has 1 heterocycles. The molecule has 0 bridgehead atoms. The molecule has 0 saturated carbocycles. The number of hydrazone groups is 1. The molecule has 0 spiro atoms. The molecule has 3 aromatic rings. The van der Waals surface area contributed by atoms with Crippen LogP contribution in [0.25, 0.3) is 11.3 Å². The highest BCUT2D eigenvalue weighted by atomic mass is 16.6. The summed E-state index contributed by atoms with van der Waals surface area (Å²) in [5, 5.41) is 14.5. The fraction of sp³-hybridized carbons (Fsp3) is 0. The van der Waals surface area contributed by atoms with E-state index in [-0.39, 0.29) is 5.69 Å². The average Bonchev–Trinajstić information content (AvgIpc) is 3.11. The van der Waals surface area contributed by atoms with Gasteiger partial charge in [0.2, 0.25) is 0 Å². The van der Waals surface area contributed by atoms with Gasteiger partial charge in [-0.05, 0) is 36.4 Å². The van der Waals surface area contributed by atoms with Crippen molar-refractivity contribution in [2.75, 3.05) is 5.73 Å². The largest absolute Gasteiger partial charge is 0.455 e. The molecular weight excluding hydrogens is 336 g/mol. The molecule has 1 amide bonds. The number of furan rings is 1. The van der Waals surface area contributed by atoms with E-state index in [1.54, 1.807) is 48.5 Å². The number of nitrogen functional groups attached to an aromatic ring is 1. The van der Waals surface area contributed by atoms with Gasteiger partial charge in [-0.1, -0.05) is 12.1 Å². The third-order valence-electron chi connectivity index (χ3n) is 3.55. The van der Waals surface area contributed by atoms with Crippen LogP contribution >= 0.6 is 0 Å². The topological polar surface area (TPSA) is 124 Å². The first-order valence-electron chi connectivity index (χ1n) is 7.57. The molecule has 8 heteroatoms.